The number of aryl methyl sites for hydroxylation is 1. The van der Waals surface area contributed by atoms with Crippen LogP contribution in [0.3, 0.4) is 0 Å². The Balaban J connectivity index is 1.34. The first-order valence-electron chi connectivity index (χ1n) is 13.6. The van der Waals surface area contributed by atoms with Gasteiger partial charge in [0.15, 0.2) is 6.29 Å². The number of aliphatic hydroxyl groups excluding tert-OH is 1. The Labute approximate surface area is 248 Å². The average molecular weight is 588 g/mol. The van der Waals surface area contributed by atoms with Gasteiger partial charge < -0.3 is 24.6 Å². The Morgan fingerprint density at radius 2 is 1.88 bits per heavy atom. The number of amides is 1. The second-order valence-electron chi connectivity index (χ2n) is 9.81. The number of carbonyl (C=O) groups is 1. The molecule has 5 rings (SSSR count). The van der Waals surface area contributed by atoms with Gasteiger partial charge in [0.1, 0.15) is 6.61 Å². The van der Waals surface area contributed by atoms with Gasteiger partial charge in [0.05, 0.1) is 18.8 Å². The molecule has 10 nitrogen and oxygen atoms in total. The number of carbonyl (C=O) groups excluding carboxylic acids is 1. The molecule has 0 saturated carbocycles. The molecule has 11 heteroatoms. The summed E-state index contributed by atoms with van der Waals surface area (Å²) in [5.41, 5.74) is 5.73. The first-order valence-corrected chi connectivity index (χ1v) is 14.6. The Morgan fingerprint density at radius 1 is 1.10 bits per heavy atom. The molecule has 1 aliphatic heterocycles. The summed E-state index contributed by atoms with van der Waals surface area (Å²) in [4.78, 5) is 11.8. The molecule has 4 aromatic rings. The summed E-state index contributed by atoms with van der Waals surface area (Å²) in [6.45, 7) is 4.05. The summed E-state index contributed by atoms with van der Waals surface area (Å²) in [6.07, 6.45) is 0.799. The van der Waals surface area contributed by atoms with E-state index in [9.17, 15) is 9.90 Å². The van der Waals surface area contributed by atoms with E-state index in [1.807, 2.05) is 73.8 Å². The number of thioether (sulfide) groups is 1. The number of benzene rings is 3. The van der Waals surface area contributed by atoms with Crippen molar-refractivity contribution in [3.8, 4) is 11.1 Å². The van der Waals surface area contributed by atoms with Crippen molar-refractivity contribution in [2.75, 3.05) is 12.4 Å². The molecule has 0 spiro atoms. The number of hydrogen-bond donors (Lipinski definition) is 2. The standard InChI is InChI=1S/C31H33N5O5S/c1-3-14-39-31(38)32-18-22-6-4-7-24(15-22)25-8-5-9-26(16-25)29-40-27(20-42-30-33-34-35-36(30)2)17-28(41-29)23-12-10-21(19-37)11-13-23/h3-13,15-16,27-29,37H,1,14,17-20H2,2H3,(H,32,38)/t27-,28+,29+/m1/s1. The van der Waals surface area contributed by atoms with Crippen molar-refractivity contribution in [3.05, 3.63) is 108 Å². The smallest absolute Gasteiger partial charge is 0.407 e. The summed E-state index contributed by atoms with van der Waals surface area (Å²) in [7, 11) is 1.81. The number of tetrazole rings is 1. The van der Waals surface area contributed by atoms with Crippen LogP contribution in [0.1, 0.15) is 41.1 Å². The van der Waals surface area contributed by atoms with Crippen molar-refractivity contribution < 1.29 is 24.1 Å². The van der Waals surface area contributed by atoms with Crippen LogP contribution < -0.4 is 5.32 Å². The molecule has 3 atom stereocenters. The van der Waals surface area contributed by atoms with Crippen molar-refractivity contribution in [1.29, 1.82) is 0 Å². The van der Waals surface area contributed by atoms with E-state index in [0.29, 0.717) is 18.7 Å². The largest absolute Gasteiger partial charge is 0.445 e. The van der Waals surface area contributed by atoms with Crippen molar-refractivity contribution in [3.63, 3.8) is 0 Å². The zero-order valence-electron chi connectivity index (χ0n) is 23.3. The molecule has 1 aliphatic rings. The molecular weight excluding hydrogens is 554 g/mol. The van der Waals surface area contributed by atoms with Gasteiger partial charge in [0.2, 0.25) is 5.16 Å². The average Bonchev–Trinajstić information content (AvgIpc) is 3.46. The fourth-order valence-corrected chi connectivity index (χ4v) is 5.49. The van der Waals surface area contributed by atoms with Crippen LogP contribution in [0.5, 0.6) is 0 Å². The SMILES string of the molecule is C=CCOC(=O)NCc1cccc(-c2cccc([C@H]3O[C@@H](CSc4nnnn4C)C[C@@H](c4ccc(CO)cc4)O3)c2)c1. The van der Waals surface area contributed by atoms with Gasteiger partial charge in [-0.2, -0.15) is 0 Å². The van der Waals surface area contributed by atoms with Gasteiger partial charge in [-0.1, -0.05) is 85.1 Å². The highest BCUT2D eigenvalue weighted by Crippen LogP contribution is 2.40. The lowest BCUT2D eigenvalue weighted by molar-refractivity contribution is -0.245. The second-order valence-corrected chi connectivity index (χ2v) is 10.8. The van der Waals surface area contributed by atoms with Crippen molar-refractivity contribution in [2.24, 2.45) is 7.05 Å². The van der Waals surface area contributed by atoms with Gasteiger partial charge in [0, 0.05) is 31.3 Å². The Kier molecular flexibility index (Phi) is 9.98. The Hall–Kier alpha value is -4.03. The first-order chi connectivity index (χ1) is 20.5. The van der Waals surface area contributed by atoms with E-state index in [1.165, 1.54) is 6.08 Å². The van der Waals surface area contributed by atoms with Crippen molar-refractivity contribution in [2.45, 2.75) is 43.2 Å². The van der Waals surface area contributed by atoms with Crippen LogP contribution in [0.15, 0.2) is 90.6 Å². The summed E-state index contributed by atoms with van der Waals surface area (Å²) in [6, 6.07) is 23.9. The minimum Gasteiger partial charge on any atom is -0.445 e. The molecule has 1 amide bonds. The van der Waals surface area contributed by atoms with Crippen LogP contribution in [0, 0.1) is 0 Å². The zero-order valence-corrected chi connectivity index (χ0v) is 24.1. The summed E-state index contributed by atoms with van der Waals surface area (Å²) < 4.78 is 19.7. The van der Waals surface area contributed by atoms with E-state index >= 15 is 0 Å². The van der Waals surface area contributed by atoms with E-state index in [0.717, 1.165) is 38.5 Å². The van der Waals surface area contributed by atoms with Gasteiger partial charge in [-0.3, -0.25) is 0 Å². The topological polar surface area (TPSA) is 121 Å². The van der Waals surface area contributed by atoms with Crippen LogP contribution in [0.4, 0.5) is 4.79 Å². The maximum atomic E-state index is 11.8. The van der Waals surface area contributed by atoms with Gasteiger partial charge in [-0.15, -0.1) is 5.10 Å². The van der Waals surface area contributed by atoms with Gasteiger partial charge in [0.25, 0.3) is 0 Å². The maximum absolute atomic E-state index is 11.8. The fraction of sp³-hybridized carbons (Fsp3) is 0.290. The van der Waals surface area contributed by atoms with Crippen LogP contribution in [-0.4, -0.2) is 49.9 Å². The molecule has 2 heterocycles. The highest BCUT2D eigenvalue weighted by molar-refractivity contribution is 7.99. The summed E-state index contributed by atoms with van der Waals surface area (Å²) >= 11 is 1.54. The van der Waals surface area contributed by atoms with E-state index < -0.39 is 12.4 Å². The first kappa shape index (κ1) is 29.5. The van der Waals surface area contributed by atoms with E-state index in [-0.39, 0.29) is 25.4 Å². The molecular formula is C31H33N5O5S. The van der Waals surface area contributed by atoms with Gasteiger partial charge in [-0.25, -0.2) is 9.48 Å². The molecule has 2 N–H and O–H groups in total. The quantitative estimate of drug-likeness (QED) is 0.182. The molecule has 0 aliphatic carbocycles. The third kappa shape index (κ3) is 7.62. The molecule has 42 heavy (non-hydrogen) atoms. The van der Waals surface area contributed by atoms with Crippen LogP contribution in [0.25, 0.3) is 11.1 Å². The number of aromatic nitrogens is 4. The van der Waals surface area contributed by atoms with Gasteiger partial charge >= 0.3 is 6.09 Å². The fourth-order valence-electron chi connectivity index (χ4n) is 4.62. The predicted octanol–water partition coefficient (Wildman–Crippen LogP) is 5.12. The number of ether oxygens (including phenoxy) is 3. The van der Waals surface area contributed by atoms with Crippen LogP contribution in [0.2, 0.25) is 0 Å². The number of aliphatic hydroxyl groups is 1. The van der Waals surface area contributed by atoms with E-state index in [2.05, 4.69) is 33.5 Å². The molecule has 0 bridgehead atoms. The highest BCUT2D eigenvalue weighted by atomic mass is 32.2. The summed E-state index contributed by atoms with van der Waals surface area (Å²) in [5, 5.41) is 24.7. The number of rotatable bonds is 11. The lowest BCUT2D eigenvalue weighted by Crippen LogP contribution is -2.31. The third-order valence-corrected chi connectivity index (χ3v) is 7.93. The van der Waals surface area contributed by atoms with Crippen LogP contribution in [-0.2, 0) is 34.4 Å². The summed E-state index contributed by atoms with van der Waals surface area (Å²) in [5.74, 6) is 0.656. The number of nitrogens with zero attached hydrogens (tertiary/aromatic N) is 4. The van der Waals surface area contributed by atoms with E-state index in [1.54, 1.807) is 16.4 Å². The number of nitrogens with one attached hydrogen (secondary N) is 1. The predicted molar refractivity (Wildman–Crippen MR) is 158 cm³/mol. The molecule has 3 aromatic carbocycles. The lowest BCUT2D eigenvalue weighted by atomic mass is 9.99. The molecule has 1 saturated heterocycles. The molecule has 218 valence electrons. The highest BCUT2D eigenvalue weighted by Gasteiger charge is 2.32. The molecule has 0 radical (unpaired) electrons. The number of alkyl carbamates (subject to hydrolysis) is 1. The minimum absolute atomic E-state index is 0.00794. The molecule has 1 aromatic heterocycles. The Morgan fingerprint density at radius 3 is 2.62 bits per heavy atom. The third-order valence-electron chi connectivity index (χ3n) is 6.78. The Bertz CT molecular complexity index is 1500. The number of hydrogen-bond acceptors (Lipinski definition) is 9. The second kappa shape index (κ2) is 14.2. The molecule has 1 fully saturated rings. The minimum atomic E-state index is -0.589. The van der Waals surface area contributed by atoms with Gasteiger partial charge in [-0.05, 0) is 50.4 Å². The zero-order chi connectivity index (χ0) is 29.3. The van der Waals surface area contributed by atoms with Crippen molar-refractivity contribution in [1.82, 2.24) is 25.5 Å². The van der Waals surface area contributed by atoms with Crippen molar-refractivity contribution >= 4 is 17.9 Å². The lowest BCUT2D eigenvalue weighted by Gasteiger charge is -2.36. The maximum Gasteiger partial charge on any atom is 0.407 e. The normalized spacial score (nSPS) is 18.4. The van der Waals surface area contributed by atoms with E-state index in [4.69, 9.17) is 14.2 Å². The monoisotopic (exact) mass is 587 g/mol. The van der Waals surface area contributed by atoms with Crippen LogP contribution >= 0.6 is 11.8 Å². The molecule has 0 unspecified atom stereocenters.